The third-order valence-electron chi connectivity index (χ3n) is 2.61. The van der Waals surface area contributed by atoms with Gasteiger partial charge in [-0.25, -0.2) is 9.97 Å². The Hall–Kier alpha value is -1.56. The standard InChI is InChI=1S/C14H12Cl3N3O2/c15-10-4-11(16)14(12(17)5-10)22-2-1-20-13(21)3-9-6-18-8-19-7-9/h4-8H,1-3H2,(H,20,21). The van der Waals surface area contributed by atoms with Crippen molar-refractivity contribution in [1.82, 2.24) is 15.3 Å². The zero-order valence-corrected chi connectivity index (χ0v) is 13.6. The number of carbonyl (C=O) groups excluding carboxylic acids is 1. The minimum Gasteiger partial charge on any atom is -0.489 e. The van der Waals surface area contributed by atoms with Crippen molar-refractivity contribution in [3.63, 3.8) is 0 Å². The van der Waals surface area contributed by atoms with Crippen LogP contribution in [-0.4, -0.2) is 29.0 Å². The molecule has 1 heterocycles. The van der Waals surface area contributed by atoms with Gasteiger partial charge in [0.1, 0.15) is 12.9 Å². The third-order valence-corrected chi connectivity index (χ3v) is 3.39. The summed E-state index contributed by atoms with van der Waals surface area (Å²) in [6.45, 7) is 0.555. The van der Waals surface area contributed by atoms with Gasteiger partial charge >= 0.3 is 0 Å². The molecule has 0 saturated carbocycles. The lowest BCUT2D eigenvalue weighted by Gasteiger charge is -2.11. The predicted octanol–water partition coefficient (Wildman–Crippen LogP) is 3.17. The van der Waals surface area contributed by atoms with Crippen LogP contribution in [0.1, 0.15) is 5.56 Å². The Labute approximate surface area is 142 Å². The summed E-state index contributed by atoms with van der Waals surface area (Å²) in [5.41, 5.74) is 0.740. The zero-order valence-electron chi connectivity index (χ0n) is 11.4. The SMILES string of the molecule is O=C(Cc1cncnc1)NCCOc1c(Cl)cc(Cl)cc1Cl. The molecule has 0 aliphatic heterocycles. The van der Waals surface area contributed by atoms with E-state index in [9.17, 15) is 4.79 Å². The van der Waals surface area contributed by atoms with Gasteiger partial charge in [-0.2, -0.15) is 0 Å². The van der Waals surface area contributed by atoms with Gasteiger partial charge in [-0.15, -0.1) is 0 Å². The molecule has 0 radical (unpaired) electrons. The van der Waals surface area contributed by atoms with Gasteiger partial charge in [0.25, 0.3) is 0 Å². The van der Waals surface area contributed by atoms with E-state index < -0.39 is 0 Å². The second kappa shape index (κ2) is 8.17. The van der Waals surface area contributed by atoms with Crippen LogP contribution in [0.5, 0.6) is 5.75 Å². The van der Waals surface area contributed by atoms with Gasteiger partial charge in [-0.05, 0) is 17.7 Å². The predicted molar refractivity (Wildman–Crippen MR) is 85.7 cm³/mol. The van der Waals surface area contributed by atoms with E-state index >= 15 is 0 Å². The summed E-state index contributed by atoms with van der Waals surface area (Å²) in [4.78, 5) is 19.4. The van der Waals surface area contributed by atoms with Gasteiger partial charge < -0.3 is 10.1 Å². The van der Waals surface area contributed by atoms with Crippen molar-refractivity contribution in [1.29, 1.82) is 0 Å². The molecule has 0 unspecified atom stereocenters. The molecule has 0 saturated heterocycles. The highest BCUT2D eigenvalue weighted by atomic mass is 35.5. The Morgan fingerprint density at radius 3 is 2.41 bits per heavy atom. The summed E-state index contributed by atoms with van der Waals surface area (Å²) in [5.74, 6) is 0.199. The molecule has 1 amide bonds. The smallest absolute Gasteiger partial charge is 0.224 e. The van der Waals surface area contributed by atoms with E-state index in [0.717, 1.165) is 5.56 Å². The minimum absolute atomic E-state index is 0.147. The van der Waals surface area contributed by atoms with Crippen LogP contribution in [-0.2, 0) is 11.2 Å². The summed E-state index contributed by atoms with van der Waals surface area (Å²) >= 11 is 17.8. The monoisotopic (exact) mass is 359 g/mol. The maximum absolute atomic E-state index is 11.7. The fraction of sp³-hybridized carbons (Fsp3) is 0.214. The highest BCUT2D eigenvalue weighted by molar-refractivity contribution is 6.40. The number of amides is 1. The van der Waals surface area contributed by atoms with Crippen LogP contribution in [0, 0.1) is 0 Å². The molecule has 0 aliphatic rings. The lowest BCUT2D eigenvalue weighted by Crippen LogP contribution is -2.29. The molecule has 2 rings (SSSR count). The van der Waals surface area contributed by atoms with E-state index in [4.69, 9.17) is 39.5 Å². The lowest BCUT2D eigenvalue weighted by molar-refractivity contribution is -0.120. The quantitative estimate of drug-likeness (QED) is 0.804. The highest BCUT2D eigenvalue weighted by Crippen LogP contribution is 2.35. The van der Waals surface area contributed by atoms with Crippen LogP contribution in [0.3, 0.4) is 0 Å². The maximum atomic E-state index is 11.7. The van der Waals surface area contributed by atoms with Gasteiger partial charge in [0, 0.05) is 17.4 Å². The van der Waals surface area contributed by atoms with E-state index in [1.807, 2.05) is 0 Å². The maximum Gasteiger partial charge on any atom is 0.224 e. The molecule has 0 atom stereocenters. The molecule has 1 N–H and O–H groups in total. The molecular weight excluding hydrogens is 349 g/mol. The number of benzene rings is 1. The summed E-state index contributed by atoms with van der Waals surface area (Å²) in [6.07, 6.45) is 4.81. The fourth-order valence-electron chi connectivity index (χ4n) is 1.68. The number of hydrogen-bond donors (Lipinski definition) is 1. The van der Waals surface area contributed by atoms with Crippen molar-refractivity contribution in [3.05, 3.63) is 51.5 Å². The van der Waals surface area contributed by atoms with Crippen LogP contribution in [0.4, 0.5) is 0 Å². The van der Waals surface area contributed by atoms with Crippen LogP contribution in [0.2, 0.25) is 15.1 Å². The normalized spacial score (nSPS) is 10.3. The van der Waals surface area contributed by atoms with E-state index in [1.165, 1.54) is 18.5 Å². The van der Waals surface area contributed by atoms with Crippen LogP contribution in [0.15, 0.2) is 30.9 Å². The van der Waals surface area contributed by atoms with Gasteiger partial charge in [-0.3, -0.25) is 4.79 Å². The first-order chi connectivity index (χ1) is 10.6. The molecule has 0 aliphatic carbocycles. The van der Waals surface area contributed by atoms with E-state index in [-0.39, 0.29) is 18.9 Å². The average molecular weight is 361 g/mol. The molecule has 8 heteroatoms. The summed E-state index contributed by atoms with van der Waals surface area (Å²) < 4.78 is 5.46. The average Bonchev–Trinajstić information content (AvgIpc) is 2.46. The van der Waals surface area contributed by atoms with Gasteiger partial charge in [-0.1, -0.05) is 34.8 Å². The number of rotatable bonds is 6. The van der Waals surface area contributed by atoms with Gasteiger partial charge in [0.2, 0.25) is 5.91 Å². The first-order valence-corrected chi connectivity index (χ1v) is 7.47. The number of nitrogens with one attached hydrogen (secondary N) is 1. The number of aromatic nitrogens is 2. The molecule has 1 aromatic heterocycles. The number of halogens is 3. The first kappa shape index (κ1) is 16.8. The van der Waals surface area contributed by atoms with Gasteiger partial charge in [0.05, 0.1) is 23.0 Å². The molecular formula is C14H12Cl3N3O2. The molecule has 22 heavy (non-hydrogen) atoms. The van der Waals surface area contributed by atoms with Gasteiger partial charge in [0.15, 0.2) is 5.75 Å². The van der Waals surface area contributed by atoms with Crippen molar-refractivity contribution in [2.45, 2.75) is 6.42 Å². The Balaban J connectivity index is 1.77. The molecule has 5 nitrogen and oxygen atoms in total. The first-order valence-electron chi connectivity index (χ1n) is 6.34. The van der Waals surface area contributed by atoms with Crippen molar-refractivity contribution in [2.75, 3.05) is 13.2 Å². The van der Waals surface area contributed by atoms with Crippen molar-refractivity contribution >= 4 is 40.7 Å². The molecule has 1 aromatic carbocycles. The number of carbonyl (C=O) groups is 1. The Morgan fingerprint density at radius 2 is 1.77 bits per heavy atom. The molecule has 0 fully saturated rings. The molecule has 0 spiro atoms. The third kappa shape index (κ3) is 5.02. The highest BCUT2D eigenvalue weighted by Gasteiger charge is 2.09. The second-order valence-electron chi connectivity index (χ2n) is 4.32. The second-order valence-corrected chi connectivity index (χ2v) is 5.57. The zero-order chi connectivity index (χ0) is 15.9. The van der Waals surface area contributed by atoms with E-state index in [1.54, 1.807) is 12.4 Å². The van der Waals surface area contributed by atoms with E-state index in [2.05, 4.69) is 15.3 Å². The van der Waals surface area contributed by atoms with Crippen LogP contribution < -0.4 is 10.1 Å². The summed E-state index contributed by atoms with van der Waals surface area (Å²) in [7, 11) is 0. The molecule has 2 aromatic rings. The van der Waals surface area contributed by atoms with Crippen LogP contribution in [0.25, 0.3) is 0 Å². The van der Waals surface area contributed by atoms with Crippen LogP contribution >= 0.6 is 34.8 Å². The molecule has 0 bridgehead atoms. The topological polar surface area (TPSA) is 64.1 Å². The minimum atomic E-state index is -0.147. The van der Waals surface area contributed by atoms with E-state index in [0.29, 0.717) is 27.4 Å². The summed E-state index contributed by atoms with van der Waals surface area (Å²) in [5, 5.41) is 3.80. The Kier molecular flexibility index (Phi) is 6.24. The van der Waals surface area contributed by atoms with Crippen molar-refractivity contribution in [3.8, 4) is 5.75 Å². The summed E-state index contributed by atoms with van der Waals surface area (Å²) in [6, 6.07) is 3.08. The Morgan fingerprint density at radius 1 is 1.14 bits per heavy atom. The number of ether oxygens (including phenoxy) is 1. The lowest BCUT2D eigenvalue weighted by atomic mass is 10.2. The molecule has 116 valence electrons. The fourth-order valence-corrected chi connectivity index (χ4v) is 2.61. The Bertz CT molecular complexity index is 630. The largest absolute Gasteiger partial charge is 0.489 e. The number of nitrogens with zero attached hydrogens (tertiary/aromatic N) is 2. The van der Waals surface area contributed by atoms with Crippen molar-refractivity contribution in [2.24, 2.45) is 0 Å². The van der Waals surface area contributed by atoms with Crippen molar-refractivity contribution < 1.29 is 9.53 Å². The number of hydrogen-bond acceptors (Lipinski definition) is 4.